The lowest BCUT2D eigenvalue weighted by Gasteiger charge is -2.38. The highest BCUT2D eigenvalue weighted by atomic mass is 32.2. The molecule has 3 atom stereocenters. The Hall–Kier alpha value is -1.88. The van der Waals surface area contributed by atoms with E-state index in [-0.39, 0.29) is 22.8 Å². The van der Waals surface area contributed by atoms with E-state index in [0.29, 0.717) is 26.1 Å². The molecule has 0 saturated carbocycles. The number of benzene rings is 1. The molecular weight excluding hydrogens is 438 g/mol. The molecule has 1 fully saturated rings. The summed E-state index contributed by atoms with van der Waals surface area (Å²) in [5.41, 5.74) is 8.11. The van der Waals surface area contributed by atoms with Gasteiger partial charge in [0.2, 0.25) is 15.0 Å². The zero-order chi connectivity index (χ0) is 23.4. The van der Waals surface area contributed by atoms with Crippen LogP contribution in [0.4, 0.5) is 8.78 Å². The van der Waals surface area contributed by atoms with Crippen molar-refractivity contribution < 1.29 is 21.9 Å². The van der Waals surface area contributed by atoms with Crippen LogP contribution in [0.5, 0.6) is 0 Å². The van der Waals surface area contributed by atoms with Crippen LogP contribution < -0.4 is 5.73 Å². The first-order valence-corrected chi connectivity index (χ1v) is 12.4. The molecule has 176 valence electrons. The Bertz CT molecular complexity index is 1120. The number of nitrogens with two attached hydrogens (primary N) is 1. The number of nitrogens with zero attached hydrogens (tertiary/aromatic N) is 3. The average Bonchev–Trinajstić information content (AvgIpc) is 3.28. The van der Waals surface area contributed by atoms with Gasteiger partial charge in [0, 0.05) is 36.8 Å². The maximum absolute atomic E-state index is 14.2. The summed E-state index contributed by atoms with van der Waals surface area (Å²) in [6, 6.07) is 2.71. The van der Waals surface area contributed by atoms with Crippen molar-refractivity contribution in [3.8, 4) is 0 Å². The first-order valence-electron chi connectivity index (χ1n) is 10.9. The molecular formula is C22H30F2N4O3S. The highest BCUT2D eigenvalue weighted by molar-refractivity contribution is 7.91. The molecule has 3 heterocycles. The third-order valence-electron chi connectivity index (χ3n) is 6.34. The lowest BCUT2D eigenvalue weighted by molar-refractivity contribution is -0.0536. The van der Waals surface area contributed by atoms with Crippen molar-refractivity contribution >= 4 is 9.84 Å². The molecule has 2 aromatic rings. The SMILES string of the molecule is CC(C)n1c(S(=O)(=O)C(C)C)nc2c1CN([C@H]1CO[C@H](c3cc(F)ccc3F)[C@@H](N)C1)C2. The molecule has 32 heavy (non-hydrogen) atoms. The summed E-state index contributed by atoms with van der Waals surface area (Å²) in [6.45, 7) is 8.56. The van der Waals surface area contributed by atoms with E-state index in [9.17, 15) is 17.2 Å². The Labute approximate surface area is 187 Å². The predicted molar refractivity (Wildman–Crippen MR) is 116 cm³/mol. The molecule has 1 saturated heterocycles. The number of aromatic nitrogens is 2. The number of rotatable bonds is 5. The highest BCUT2D eigenvalue weighted by Crippen LogP contribution is 2.36. The summed E-state index contributed by atoms with van der Waals surface area (Å²) in [5, 5.41) is -0.422. The number of imidazole rings is 1. The number of halogens is 2. The van der Waals surface area contributed by atoms with Gasteiger partial charge in [0.05, 0.1) is 23.2 Å². The molecule has 2 N–H and O–H groups in total. The van der Waals surface area contributed by atoms with Crippen LogP contribution >= 0.6 is 0 Å². The van der Waals surface area contributed by atoms with Gasteiger partial charge in [-0.2, -0.15) is 0 Å². The van der Waals surface area contributed by atoms with Crippen molar-refractivity contribution in [3.05, 3.63) is 46.8 Å². The lowest BCUT2D eigenvalue weighted by atomic mass is 9.93. The van der Waals surface area contributed by atoms with E-state index >= 15 is 0 Å². The molecule has 0 radical (unpaired) electrons. The van der Waals surface area contributed by atoms with E-state index < -0.39 is 38.9 Å². The van der Waals surface area contributed by atoms with Crippen molar-refractivity contribution in [2.75, 3.05) is 6.61 Å². The maximum Gasteiger partial charge on any atom is 0.228 e. The van der Waals surface area contributed by atoms with Crippen LogP contribution in [-0.4, -0.2) is 46.8 Å². The average molecular weight is 469 g/mol. The fourth-order valence-corrected chi connectivity index (χ4v) is 5.83. The van der Waals surface area contributed by atoms with Crippen molar-refractivity contribution in [2.45, 2.75) is 81.8 Å². The fourth-order valence-electron chi connectivity index (χ4n) is 4.58. The molecule has 0 bridgehead atoms. The fraction of sp³-hybridized carbons (Fsp3) is 0.591. The minimum Gasteiger partial charge on any atom is -0.370 e. The van der Waals surface area contributed by atoms with E-state index in [4.69, 9.17) is 10.5 Å². The van der Waals surface area contributed by atoms with Crippen LogP contribution in [0.3, 0.4) is 0 Å². The lowest BCUT2D eigenvalue weighted by Crippen LogP contribution is -2.48. The first-order chi connectivity index (χ1) is 15.0. The molecule has 10 heteroatoms. The van der Waals surface area contributed by atoms with E-state index in [0.717, 1.165) is 29.6 Å². The van der Waals surface area contributed by atoms with E-state index in [2.05, 4.69) is 9.88 Å². The molecule has 2 aliphatic rings. The maximum atomic E-state index is 14.2. The van der Waals surface area contributed by atoms with E-state index in [1.807, 2.05) is 18.4 Å². The molecule has 0 aliphatic carbocycles. The topological polar surface area (TPSA) is 90.5 Å². The Balaban J connectivity index is 1.52. The second kappa shape index (κ2) is 8.48. The predicted octanol–water partition coefficient (Wildman–Crippen LogP) is 3.10. The van der Waals surface area contributed by atoms with Gasteiger partial charge in [0.15, 0.2) is 0 Å². The summed E-state index contributed by atoms with van der Waals surface area (Å²) in [7, 11) is -3.50. The van der Waals surface area contributed by atoms with E-state index in [1.165, 1.54) is 0 Å². The number of ether oxygens (including phenoxy) is 1. The number of sulfone groups is 1. The van der Waals surface area contributed by atoms with Crippen LogP contribution in [0.15, 0.2) is 23.4 Å². The summed E-state index contributed by atoms with van der Waals surface area (Å²) in [5.74, 6) is -1.06. The largest absolute Gasteiger partial charge is 0.370 e. The molecule has 4 rings (SSSR count). The van der Waals surface area contributed by atoms with Crippen LogP contribution in [0.1, 0.15) is 63.2 Å². The Morgan fingerprint density at radius 2 is 1.91 bits per heavy atom. The van der Waals surface area contributed by atoms with Gasteiger partial charge in [-0.05, 0) is 52.3 Å². The monoisotopic (exact) mass is 468 g/mol. The molecule has 1 aromatic heterocycles. The third-order valence-corrected chi connectivity index (χ3v) is 8.38. The Morgan fingerprint density at radius 3 is 2.53 bits per heavy atom. The number of fused-ring (bicyclic) bond motifs is 1. The Morgan fingerprint density at radius 1 is 1.19 bits per heavy atom. The second-order valence-corrected chi connectivity index (χ2v) is 11.6. The summed E-state index contributed by atoms with van der Waals surface area (Å²) in [4.78, 5) is 6.69. The van der Waals surface area contributed by atoms with Gasteiger partial charge in [-0.1, -0.05) is 0 Å². The van der Waals surface area contributed by atoms with Crippen molar-refractivity contribution in [1.29, 1.82) is 0 Å². The normalized spacial score (nSPS) is 24.5. The quantitative estimate of drug-likeness (QED) is 0.725. The van der Waals surface area contributed by atoms with Crippen molar-refractivity contribution in [1.82, 2.24) is 14.5 Å². The van der Waals surface area contributed by atoms with Gasteiger partial charge in [-0.3, -0.25) is 4.90 Å². The zero-order valence-electron chi connectivity index (χ0n) is 18.8. The summed E-state index contributed by atoms with van der Waals surface area (Å²) >= 11 is 0. The van der Waals surface area contributed by atoms with Crippen LogP contribution in [0, 0.1) is 11.6 Å². The number of hydrogen-bond acceptors (Lipinski definition) is 6. The van der Waals surface area contributed by atoms with Gasteiger partial charge in [-0.25, -0.2) is 22.2 Å². The van der Waals surface area contributed by atoms with E-state index in [1.54, 1.807) is 13.8 Å². The zero-order valence-corrected chi connectivity index (χ0v) is 19.6. The third kappa shape index (κ3) is 3.98. The molecule has 2 aliphatic heterocycles. The molecule has 0 spiro atoms. The van der Waals surface area contributed by atoms with Gasteiger partial charge < -0.3 is 15.0 Å². The standard InChI is InChI=1S/C22H30F2N4O3S/c1-12(2)28-20-10-27(9-19(20)26-22(28)32(29,30)13(3)4)15-8-18(25)21(31-11-15)16-7-14(23)5-6-17(16)24/h5-7,12-13,15,18,21H,8-11,25H2,1-4H3/t15-,18+,21-/m1/s1. The minimum absolute atomic E-state index is 0.0298. The minimum atomic E-state index is -3.50. The van der Waals surface area contributed by atoms with Crippen molar-refractivity contribution in [3.63, 3.8) is 0 Å². The van der Waals surface area contributed by atoms with Crippen molar-refractivity contribution in [2.24, 2.45) is 5.73 Å². The van der Waals surface area contributed by atoms with Gasteiger partial charge in [0.1, 0.15) is 17.7 Å². The molecule has 7 nitrogen and oxygen atoms in total. The molecule has 0 unspecified atom stereocenters. The molecule has 0 amide bonds. The summed E-state index contributed by atoms with van der Waals surface area (Å²) in [6.07, 6.45) is -0.165. The first kappa shape index (κ1) is 23.3. The second-order valence-electron chi connectivity index (χ2n) is 9.22. The van der Waals surface area contributed by atoms with Crippen LogP contribution in [0.2, 0.25) is 0 Å². The smallest absolute Gasteiger partial charge is 0.228 e. The van der Waals surface area contributed by atoms with Gasteiger partial charge >= 0.3 is 0 Å². The van der Waals surface area contributed by atoms with Gasteiger partial charge in [-0.15, -0.1) is 0 Å². The van der Waals surface area contributed by atoms with Gasteiger partial charge in [0.25, 0.3) is 0 Å². The van der Waals surface area contributed by atoms with Crippen LogP contribution in [0.25, 0.3) is 0 Å². The Kier molecular flexibility index (Phi) is 6.17. The van der Waals surface area contributed by atoms with Crippen LogP contribution in [-0.2, 0) is 27.7 Å². The summed E-state index contributed by atoms with van der Waals surface area (Å²) < 4.78 is 61.2. The number of hydrogen-bond donors (Lipinski definition) is 1. The highest BCUT2D eigenvalue weighted by Gasteiger charge is 2.40. The molecule has 1 aromatic carbocycles.